The average Bonchev–Trinajstić information content (AvgIpc) is 3.50. The van der Waals surface area contributed by atoms with Crippen LogP contribution >= 0.6 is 0 Å². The summed E-state index contributed by atoms with van der Waals surface area (Å²) in [4.78, 5) is 53.3. The predicted octanol–water partition coefficient (Wildman–Crippen LogP) is 1.66. The van der Waals surface area contributed by atoms with Gasteiger partial charge in [-0.25, -0.2) is 4.68 Å². The van der Waals surface area contributed by atoms with Gasteiger partial charge in [-0.3, -0.25) is 24.5 Å². The number of nitrogens with one attached hydrogen (secondary N) is 2. The van der Waals surface area contributed by atoms with Gasteiger partial charge in [0.05, 0.1) is 23.3 Å². The van der Waals surface area contributed by atoms with Gasteiger partial charge >= 0.3 is 0 Å². The third-order valence-corrected chi connectivity index (χ3v) is 7.19. The number of carbonyl (C=O) groups excluding carboxylic acids is 4. The molecule has 0 spiro atoms. The maximum atomic E-state index is 13.0. The molecule has 3 aromatic rings. The van der Waals surface area contributed by atoms with Gasteiger partial charge < -0.3 is 15.1 Å². The topological polar surface area (TPSA) is 130 Å². The fraction of sp³-hybridized carbons (Fsp3) is 0.308. The van der Waals surface area contributed by atoms with E-state index in [9.17, 15) is 19.2 Å². The number of carbonyl (C=O) groups is 4. The Hall–Kier alpha value is -4.54. The SMILES string of the molecule is CN1CCCc2cccc(NC(=O)c3cn(-c4ccc5c(c4)CN(C4CCC(=O)NC4=O)C5=O)nn3)c21. The van der Waals surface area contributed by atoms with Crippen LogP contribution in [-0.4, -0.2) is 63.2 Å². The number of hydrogen-bond acceptors (Lipinski definition) is 7. The highest BCUT2D eigenvalue weighted by Crippen LogP contribution is 2.34. The highest BCUT2D eigenvalue weighted by molar-refractivity contribution is 6.06. The molecule has 1 unspecified atom stereocenters. The minimum atomic E-state index is -0.675. The molecule has 1 atom stereocenters. The summed E-state index contributed by atoms with van der Waals surface area (Å²) in [5.41, 5.74) is 5.02. The molecule has 4 heterocycles. The summed E-state index contributed by atoms with van der Waals surface area (Å²) in [5, 5.41) is 13.5. The maximum Gasteiger partial charge on any atom is 0.277 e. The van der Waals surface area contributed by atoms with Crippen LogP contribution < -0.4 is 15.5 Å². The number of hydrogen-bond donors (Lipinski definition) is 2. The first kappa shape index (κ1) is 22.9. The highest BCUT2D eigenvalue weighted by Gasteiger charge is 2.39. The number of benzene rings is 2. The predicted molar refractivity (Wildman–Crippen MR) is 133 cm³/mol. The normalized spacial score (nSPS) is 18.9. The molecule has 2 aromatic carbocycles. The third kappa shape index (κ3) is 4.02. The monoisotopic (exact) mass is 499 g/mol. The minimum absolute atomic E-state index is 0.165. The van der Waals surface area contributed by atoms with E-state index in [1.165, 1.54) is 15.1 Å². The molecule has 3 aliphatic rings. The number of aryl methyl sites for hydroxylation is 1. The van der Waals surface area contributed by atoms with E-state index in [1.54, 1.807) is 24.4 Å². The Bertz CT molecular complexity index is 1460. The van der Waals surface area contributed by atoms with E-state index in [0.29, 0.717) is 17.7 Å². The summed E-state index contributed by atoms with van der Waals surface area (Å²) in [6, 6.07) is 10.4. The zero-order valence-corrected chi connectivity index (χ0v) is 20.2. The summed E-state index contributed by atoms with van der Waals surface area (Å²) >= 11 is 0. The molecular formula is C26H25N7O4. The van der Waals surface area contributed by atoms with Crippen molar-refractivity contribution >= 4 is 35.0 Å². The van der Waals surface area contributed by atoms with Crippen molar-refractivity contribution in [3.05, 3.63) is 65.0 Å². The molecule has 11 nitrogen and oxygen atoms in total. The Balaban J connectivity index is 1.20. The Morgan fingerprint density at radius 2 is 1.97 bits per heavy atom. The largest absolute Gasteiger partial charge is 0.373 e. The number of aromatic nitrogens is 3. The first-order chi connectivity index (χ1) is 17.9. The lowest BCUT2D eigenvalue weighted by Crippen LogP contribution is -2.52. The molecule has 1 aromatic heterocycles. The molecule has 0 saturated carbocycles. The molecule has 4 amide bonds. The van der Waals surface area contributed by atoms with Crippen LogP contribution in [0, 0.1) is 0 Å². The first-order valence-corrected chi connectivity index (χ1v) is 12.2. The van der Waals surface area contributed by atoms with Crippen molar-refractivity contribution in [2.24, 2.45) is 0 Å². The average molecular weight is 500 g/mol. The van der Waals surface area contributed by atoms with Crippen molar-refractivity contribution in [3.63, 3.8) is 0 Å². The molecule has 0 radical (unpaired) electrons. The van der Waals surface area contributed by atoms with E-state index in [2.05, 4.69) is 31.9 Å². The number of rotatable bonds is 4. The summed E-state index contributed by atoms with van der Waals surface area (Å²) < 4.78 is 1.49. The molecule has 11 heteroatoms. The number of imide groups is 1. The number of anilines is 2. The fourth-order valence-corrected chi connectivity index (χ4v) is 5.35. The smallest absolute Gasteiger partial charge is 0.277 e. The van der Waals surface area contributed by atoms with Crippen LogP contribution in [0.5, 0.6) is 0 Å². The van der Waals surface area contributed by atoms with Gasteiger partial charge in [-0.05, 0) is 54.7 Å². The molecule has 1 saturated heterocycles. The van der Waals surface area contributed by atoms with E-state index in [4.69, 9.17) is 0 Å². The second-order valence-electron chi connectivity index (χ2n) is 9.58. The number of piperidine rings is 1. The van der Waals surface area contributed by atoms with Crippen LogP contribution in [0.25, 0.3) is 5.69 Å². The highest BCUT2D eigenvalue weighted by atomic mass is 16.2. The van der Waals surface area contributed by atoms with Gasteiger partial charge in [0.1, 0.15) is 6.04 Å². The number of fused-ring (bicyclic) bond motifs is 2. The van der Waals surface area contributed by atoms with Crippen molar-refractivity contribution in [2.45, 2.75) is 38.3 Å². The third-order valence-electron chi connectivity index (χ3n) is 7.19. The fourth-order valence-electron chi connectivity index (χ4n) is 5.35. The quantitative estimate of drug-likeness (QED) is 0.522. The van der Waals surface area contributed by atoms with Crippen LogP contribution in [0.15, 0.2) is 42.6 Å². The zero-order chi connectivity index (χ0) is 25.7. The van der Waals surface area contributed by atoms with Crippen molar-refractivity contribution < 1.29 is 19.2 Å². The van der Waals surface area contributed by atoms with E-state index in [1.807, 2.05) is 19.2 Å². The molecule has 6 rings (SSSR count). The van der Waals surface area contributed by atoms with Crippen LogP contribution in [0.4, 0.5) is 11.4 Å². The summed E-state index contributed by atoms with van der Waals surface area (Å²) in [6.07, 6.45) is 4.10. The van der Waals surface area contributed by atoms with E-state index < -0.39 is 11.9 Å². The first-order valence-electron chi connectivity index (χ1n) is 12.2. The number of para-hydroxylation sites is 1. The van der Waals surface area contributed by atoms with Crippen LogP contribution in [-0.2, 0) is 22.6 Å². The standard InChI is InChI=1S/C26H25N7O4/c1-31-11-3-5-15-4-2-6-19(23(15)31)27-24(35)20-14-33(30-29-20)17-7-8-18-16(12-17)13-32(26(18)37)21-9-10-22(34)28-25(21)36/h2,4,6-8,12,14,21H,3,5,9-11,13H2,1H3,(H,27,35)(H,28,34,36). The Morgan fingerprint density at radius 1 is 1.11 bits per heavy atom. The molecular weight excluding hydrogens is 474 g/mol. The summed E-state index contributed by atoms with van der Waals surface area (Å²) in [6.45, 7) is 1.18. The molecule has 3 aliphatic heterocycles. The zero-order valence-electron chi connectivity index (χ0n) is 20.2. The lowest BCUT2D eigenvalue weighted by Gasteiger charge is -2.29. The van der Waals surface area contributed by atoms with Gasteiger partial charge in [-0.2, -0.15) is 0 Å². The molecule has 0 aliphatic carbocycles. The van der Waals surface area contributed by atoms with Gasteiger partial charge in [-0.15, -0.1) is 5.10 Å². The second kappa shape index (κ2) is 8.84. The van der Waals surface area contributed by atoms with Crippen molar-refractivity contribution in [3.8, 4) is 5.69 Å². The van der Waals surface area contributed by atoms with Gasteiger partial charge in [0, 0.05) is 32.1 Å². The minimum Gasteiger partial charge on any atom is -0.373 e. The molecule has 0 bridgehead atoms. The lowest BCUT2D eigenvalue weighted by molar-refractivity contribution is -0.136. The van der Waals surface area contributed by atoms with Crippen LogP contribution in [0.2, 0.25) is 0 Å². The van der Waals surface area contributed by atoms with Crippen LogP contribution in [0.3, 0.4) is 0 Å². The Morgan fingerprint density at radius 3 is 2.81 bits per heavy atom. The molecule has 2 N–H and O–H groups in total. The summed E-state index contributed by atoms with van der Waals surface area (Å²) in [7, 11) is 2.02. The lowest BCUT2D eigenvalue weighted by atomic mass is 10.0. The molecule has 1 fully saturated rings. The molecule has 188 valence electrons. The van der Waals surface area contributed by atoms with E-state index >= 15 is 0 Å². The second-order valence-corrected chi connectivity index (χ2v) is 9.58. The van der Waals surface area contributed by atoms with Gasteiger partial charge in [-0.1, -0.05) is 17.3 Å². The van der Waals surface area contributed by atoms with Crippen molar-refractivity contribution in [2.75, 3.05) is 23.8 Å². The number of amides is 4. The van der Waals surface area contributed by atoms with Gasteiger partial charge in [0.25, 0.3) is 11.8 Å². The van der Waals surface area contributed by atoms with Crippen molar-refractivity contribution in [1.29, 1.82) is 0 Å². The van der Waals surface area contributed by atoms with Gasteiger partial charge in [0.2, 0.25) is 11.8 Å². The van der Waals surface area contributed by atoms with Gasteiger partial charge in [0.15, 0.2) is 5.69 Å². The van der Waals surface area contributed by atoms with Crippen molar-refractivity contribution in [1.82, 2.24) is 25.2 Å². The maximum absolute atomic E-state index is 13.0. The Kier molecular flexibility index (Phi) is 5.47. The van der Waals surface area contributed by atoms with E-state index in [-0.39, 0.29) is 36.4 Å². The van der Waals surface area contributed by atoms with E-state index in [0.717, 1.165) is 36.3 Å². The summed E-state index contributed by atoms with van der Waals surface area (Å²) in [5.74, 6) is -1.38. The number of nitrogens with zero attached hydrogens (tertiary/aromatic N) is 5. The van der Waals surface area contributed by atoms with Crippen LogP contribution in [0.1, 0.15) is 51.2 Å². The molecule has 37 heavy (non-hydrogen) atoms. The Labute approximate surface area is 212 Å².